The van der Waals surface area contributed by atoms with Gasteiger partial charge in [0.1, 0.15) is 10.6 Å². The number of benzene rings is 2. The van der Waals surface area contributed by atoms with Crippen molar-refractivity contribution in [2.45, 2.75) is 0 Å². The summed E-state index contributed by atoms with van der Waals surface area (Å²) in [5, 5.41) is 20.3. The molecule has 2 aromatic carbocycles. The molecular formula is C13H9NO5S. The predicted molar refractivity (Wildman–Crippen MR) is 73.3 cm³/mol. The van der Waals surface area contributed by atoms with Crippen molar-refractivity contribution >= 4 is 20.8 Å². The van der Waals surface area contributed by atoms with Gasteiger partial charge in [0.15, 0.2) is 0 Å². The molecule has 0 unspecified atom stereocenters. The summed E-state index contributed by atoms with van der Waals surface area (Å²) in [4.78, 5) is 9.89. The van der Waals surface area contributed by atoms with E-state index in [1.54, 1.807) is 12.1 Å². The molecule has 2 aromatic rings. The van der Waals surface area contributed by atoms with Crippen molar-refractivity contribution in [3.63, 3.8) is 0 Å². The summed E-state index contributed by atoms with van der Waals surface area (Å²) < 4.78 is 22.8. The van der Waals surface area contributed by atoms with E-state index < -0.39 is 15.2 Å². The number of rotatable bonds is 3. The van der Waals surface area contributed by atoms with Crippen LogP contribution in [-0.4, -0.2) is 23.3 Å². The highest BCUT2D eigenvalue weighted by Gasteiger charge is 2.14. The second-order valence-corrected chi connectivity index (χ2v) is 4.76. The average molecular weight is 291 g/mol. The normalized spacial score (nSPS) is 10.0. The number of phenolic OH excluding ortho intramolecular Hbond substituents is 1. The minimum absolute atomic E-state index is 0.113. The van der Waals surface area contributed by atoms with E-state index in [1.807, 2.05) is 0 Å². The number of nitro groups is 1. The van der Waals surface area contributed by atoms with E-state index in [9.17, 15) is 23.6 Å². The van der Waals surface area contributed by atoms with Gasteiger partial charge in [0.25, 0.3) is 5.69 Å². The van der Waals surface area contributed by atoms with Crippen molar-refractivity contribution < 1.29 is 18.4 Å². The van der Waals surface area contributed by atoms with Gasteiger partial charge in [-0.1, -0.05) is 12.1 Å². The molecule has 0 aliphatic carbocycles. The fourth-order valence-electron chi connectivity index (χ4n) is 1.74. The minimum atomic E-state index is -2.60. The lowest BCUT2D eigenvalue weighted by atomic mass is 10.0. The van der Waals surface area contributed by atoms with Crippen LogP contribution in [0.4, 0.5) is 5.69 Å². The molecule has 0 saturated carbocycles. The van der Waals surface area contributed by atoms with Gasteiger partial charge < -0.3 is 5.11 Å². The summed E-state index contributed by atoms with van der Waals surface area (Å²) in [6.07, 6.45) is 0. The Morgan fingerprint density at radius 3 is 2.15 bits per heavy atom. The molecule has 0 aliphatic rings. The first-order valence-corrected chi connectivity index (χ1v) is 6.57. The maximum Gasteiger partial charge on any atom is 0.269 e. The van der Waals surface area contributed by atoms with Crippen molar-refractivity contribution in [1.82, 2.24) is 0 Å². The van der Waals surface area contributed by atoms with Crippen LogP contribution in [0.15, 0.2) is 48.5 Å². The smallest absolute Gasteiger partial charge is 0.269 e. The Balaban J connectivity index is 2.60. The van der Waals surface area contributed by atoms with E-state index >= 15 is 0 Å². The Kier molecular flexibility index (Phi) is 3.81. The van der Waals surface area contributed by atoms with Crippen LogP contribution < -0.4 is 0 Å². The average Bonchev–Trinajstić information content (AvgIpc) is 2.41. The fourth-order valence-corrected chi connectivity index (χ4v) is 2.42. The van der Waals surface area contributed by atoms with Gasteiger partial charge in [-0.25, -0.2) is 0 Å². The maximum absolute atomic E-state index is 11.4. The summed E-state index contributed by atoms with van der Waals surface area (Å²) in [6.45, 7) is 0. The highest BCUT2D eigenvalue weighted by atomic mass is 32.2. The van der Waals surface area contributed by atoms with Gasteiger partial charge in [-0.05, 0) is 29.8 Å². The highest BCUT2D eigenvalue weighted by Crippen LogP contribution is 2.21. The van der Waals surface area contributed by atoms with E-state index in [0.717, 1.165) is 0 Å². The summed E-state index contributed by atoms with van der Waals surface area (Å²) in [5.74, 6) is -0.176. The van der Waals surface area contributed by atoms with Crippen LogP contribution >= 0.6 is 0 Å². The van der Waals surface area contributed by atoms with Crippen molar-refractivity contribution in [3.05, 3.63) is 69.8 Å². The molecule has 0 fully saturated rings. The van der Waals surface area contributed by atoms with Gasteiger partial charge in [0.05, 0.1) is 4.92 Å². The molecule has 0 saturated heterocycles. The van der Waals surface area contributed by atoms with E-state index in [1.165, 1.54) is 36.4 Å². The molecule has 0 atom stereocenters. The van der Waals surface area contributed by atoms with E-state index in [4.69, 9.17) is 0 Å². The third-order valence-corrected chi connectivity index (χ3v) is 3.44. The number of hydrogen-bond acceptors (Lipinski definition) is 5. The van der Waals surface area contributed by atoms with E-state index in [0.29, 0.717) is 0 Å². The predicted octanol–water partition coefficient (Wildman–Crippen LogP) is 1.75. The Morgan fingerprint density at radius 1 is 1.05 bits per heavy atom. The van der Waals surface area contributed by atoms with E-state index in [-0.39, 0.29) is 27.4 Å². The Bertz CT molecular complexity index is 786. The number of nitro benzene ring substituents is 1. The van der Waals surface area contributed by atoms with Crippen LogP contribution in [0, 0.1) is 10.1 Å². The molecule has 0 bridgehead atoms. The first-order valence-electron chi connectivity index (χ1n) is 5.50. The molecule has 102 valence electrons. The van der Waals surface area contributed by atoms with Gasteiger partial charge in [-0.15, -0.1) is 0 Å². The number of non-ortho nitro benzene ring substituents is 1. The molecule has 2 rings (SSSR count). The van der Waals surface area contributed by atoms with Crippen LogP contribution in [-0.2, 0) is 10.3 Å². The summed E-state index contributed by atoms with van der Waals surface area (Å²) in [5.41, 5.74) is 0.280. The maximum atomic E-state index is 11.4. The third kappa shape index (κ3) is 2.67. The number of phenols is 1. The van der Waals surface area contributed by atoms with Crippen molar-refractivity contribution in [3.8, 4) is 5.75 Å². The molecule has 0 aromatic heterocycles. The zero-order valence-electron chi connectivity index (χ0n) is 10.1. The molecule has 0 amide bonds. The monoisotopic (exact) mass is 291 g/mol. The summed E-state index contributed by atoms with van der Waals surface area (Å²) in [7, 11) is -2.60. The number of para-hydroxylation sites is 1. The van der Waals surface area contributed by atoms with Gasteiger partial charge in [0, 0.05) is 17.7 Å². The van der Waals surface area contributed by atoms with Crippen LogP contribution in [0.2, 0.25) is 0 Å². The van der Waals surface area contributed by atoms with Crippen LogP contribution in [0.5, 0.6) is 5.75 Å². The molecule has 0 spiro atoms. The molecule has 1 N–H and O–H groups in total. The van der Waals surface area contributed by atoms with Crippen molar-refractivity contribution in [2.24, 2.45) is 0 Å². The Labute approximate surface area is 115 Å². The lowest BCUT2D eigenvalue weighted by molar-refractivity contribution is -0.384. The largest absolute Gasteiger partial charge is 0.507 e. The van der Waals surface area contributed by atoms with Gasteiger partial charge >= 0.3 is 0 Å². The first-order chi connectivity index (χ1) is 9.50. The molecule has 6 nitrogen and oxygen atoms in total. The number of aromatic hydroxyl groups is 1. The third-order valence-electron chi connectivity index (χ3n) is 2.66. The van der Waals surface area contributed by atoms with Gasteiger partial charge in [-0.2, -0.15) is 8.42 Å². The molecule has 20 heavy (non-hydrogen) atoms. The zero-order valence-corrected chi connectivity index (χ0v) is 10.9. The summed E-state index contributed by atoms with van der Waals surface area (Å²) in [6, 6.07) is 11.1. The van der Waals surface area contributed by atoms with Crippen LogP contribution in [0.3, 0.4) is 0 Å². The van der Waals surface area contributed by atoms with E-state index in [2.05, 4.69) is 0 Å². The number of hydrogen-bond donors (Lipinski definition) is 1. The molecule has 0 aliphatic heterocycles. The lowest BCUT2D eigenvalue weighted by Gasteiger charge is -2.05. The van der Waals surface area contributed by atoms with Crippen LogP contribution in [0.25, 0.3) is 0 Å². The second-order valence-electron chi connectivity index (χ2n) is 3.88. The van der Waals surface area contributed by atoms with Crippen LogP contribution in [0.1, 0.15) is 11.1 Å². The lowest BCUT2D eigenvalue weighted by Crippen LogP contribution is -2.05. The SMILES string of the molecule is O=[N+]([O-])c1ccc(C(c2ccccc2O)=S(=O)=O)cc1. The fraction of sp³-hybridized carbons (Fsp3) is 0. The van der Waals surface area contributed by atoms with Gasteiger partial charge in [-0.3, -0.25) is 10.1 Å². The first kappa shape index (κ1) is 13.8. The number of nitrogens with zero attached hydrogens (tertiary/aromatic N) is 1. The Hall–Kier alpha value is -2.67. The summed E-state index contributed by atoms with van der Waals surface area (Å²) >= 11 is 0. The highest BCUT2D eigenvalue weighted by molar-refractivity contribution is 7.74. The standard InChI is InChI=1S/C13H9NO5S/c15-12-4-2-1-3-11(12)13(20(18)19)9-5-7-10(8-6-9)14(16)17/h1-8,15H. The Morgan fingerprint density at radius 2 is 1.65 bits per heavy atom. The second kappa shape index (κ2) is 5.54. The quantitative estimate of drug-likeness (QED) is 0.402. The molecular weight excluding hydrogens is 282 g/mol. The van der Waals surface area contributed by atoms with Crippen molar-refractivity contribution in [2.75, 3.05) is 0 Å². The zero-order chi connectivity index (χ0) is 14.7. The molecule has 7 heteroatoms. The van der Waals surface area contributed by atoms with Gasteiger partial charge in [0.2, 0.25) is 10.3 Å². The molecule has 0 heterocycles. The minimum Gasteiger partial charge on any atom is -0.507 e. The molecule has 0 radical (unpaired) electrons. The van der Waals surface area contributed by atoms with Crippen molar-refractivity contribution in [1.29, 1.82) is 0 Å². The topological polar surface area (TPSA) is 97.5 Å².